The number of carbonyl (C=O) groups is 4. The summed E-state index contributed by atoms with van der Waals surface area (Å²) in [5.74, 6) is -3.13. The average molecular weight is 359 g/mol. The Balaban J connectivity index is 4.76. The fraction of sp³-hybridized carbons (Fsp3) is 0.615. The van der Waals surface area contributed by atoms with Crippen molar-refractivity contribution in [1.82, 2.24) is 16.0 Å². The maximum Gasteiger partial charge on any atom is 0.322 e. The number of hydrogen-bond donors (Lipinski definition) is 7. The van der Waals surface area contributed by atoms with Gasteiger partial charge in [-0.15, -0.1) is 0 Å². The van der Waals surface area contributed by atoms with E-state index in [1.807, 2.05) is 0 Å². The minimum absolute atomic E-state index is 0.103. The van der Waals surface area contributed by atoms with Gasteiger partial charge >= 0.3 is 5.97 Å². The van der Waals surface area contributed by atoms with E-state index in [9.17, 15) is 19.2 Å². The maximum atomic E-state index is 12.1. The Morgan fingerprint density at radius 1 is 1.12 bits per heavy atom. The third-order valence-corrected chi connectivity index (χ3v) is 2.95. The van der Waals surface area contributed by atoms with Gasteiger partial charge in [-0.1, -0.05) is 0 Å². The molecule has 0 aromatic carbocycles. The number of nitrogens with one attached hydrogen (secondary N) is 3. The summed E-state index contributed by atoms with van der Waals surface area (Å²) in [6.45, 7) is 0.798. The highest BCUT2D eigenvalue weighted by molar-refractivity contribution is 5.92. The lowest BCUT2D eigenvalue weighted by Crippen LogP contribution is -2.53. The Labute approximate surface area is 144 Å². The number of carboxylic acids is 1. The molecule has 0 saturated carbocycles. The van der Waals surface area contributed by atoms with Crippen molar-refractivity contribution in [2.75, 3.05) is 19.6 Å². The summed E-state index contributed by atoms with van der Waals surface area (Å²) in [5, 5.41) is 15.6. The molecule has 12 heteroatoms. The molecule has 2 atom stereocenters. The number of aliphatic carboxylic acids is 1. The molecule has 0 aliphatic carbocycles. The Hall–Kier alpha value is -2.89. The van der Waals surface area contributed by atoms with Crippen molar-refractivity contribution in [2.24, 2.45) is 22.2 Å². The zero-order chi connectivity index (χ0) is 19.4. The first-order chi connectivity index (χ1) is 11.7. The zero-order valence-electron chi connectivity index (χ0n) is 13.9. The number of carboxylic acid groups (broad SMARTS) is 1. The molecule has 0 radical (unpaired) electrons. The van der Waals surface area contributed by atoms with Gasteiger partial charge in [0, 0.05) is 6.54 Å². The van der Waals surface area contributed by atoms with Gasteiger partial charge in [-0.05, 0) is 19.8 Å². The minimum Gasteiger partial charge on any atom is -0.480 e. The normalized spacial score (nSPS) is 12.4. The lowest BCUT2D eigenvalue weighted by molar-refractivity contribution is -0.138. The third kappa shape index (κ3) is 10.5. The van der Waals surface area contributed by atoms with Gasteiger partial charge in [0.15, 0.2) is 5.96 Å². The predicted octanol–water partition coefficient (Wildman–Crippen LogP) is -3.81. The molecule has 0 aromatic rings. The number of nitrogens with zero attached hydrogens (tertiary/aromatic N) is 1. The van der Waals surface area contributed by atoms with Crippen molar-refractivity contribution in [3.8, 4) is 0 Å². The van der Waals surface area contributed by atoms with Crippen molar-refractivity contribution < 1.29 is 24.3 Å². The van der Waals surface area contributed by atoms with Crippen LogP contribution >= 0.6 is 0 Å². The molecule has 0 aliphatic rings. The molecule has 3 amide bonds. The zero-order valence-corrected chi connectivity index (χ0v) is 13.9. The SMILES string of the molecule is CC(NC(=O)CN)C(=O)NC(CCCN=C(N)N)C(=O)NCC(=O)O. The van der Waals surface area contributed by atoms with Crippen molar-refractivity contribution in [1.29, 1.82) is 0 Å². The summed E-state index contributed by atoms with van der Waals surface area (Å²) >= 11 is 0. The van der Waals surface area contributed by atoms with Crippen LogP contribution in [0.15, 0.2) is 4.99 Å². The van der Waals surface area contributed by atoms with E-state index in [-0.39, 0.29) is 25.5 Å². The van der Waals surface area contributed by atoms with Crippen LogP contribution in [0.2, 0.25) is 0 Å². The monoisotopic (exact) mass is 359 g/mol. The van der Waals surface area contributed by atoms with Crippen molar-refractivity contribution in [3.05, 3.63) is 0 Å². The van der Waals surface area contributed by atoms with Crippen molar-refractivity contribution in [3.63, 3.8) is 0 Å². The summed E-state index contributed by atoms with van der Waals surface area (Å²) in [6, 6.07) is -1.91. The summed E-state index contributed by atoms with van der Waals surface area (Å²) in [7, 11) is 0. The van der Waals surface area contributed by atoms with Gasteiger partial charge in [-0.25, -0.2) is 0 Å². The van der Waals surface area contributed by atoms with E-state index in [2.05, 4.69) is 20.9 Å². The quantitative estimate of drug-likeness (QED) is 0.110. The second-order valence-corrected chi connectivity index (χ2v) is 5.11. The van der Waals surface area contributed by atoms with E-state index in [0.717, 1.165) is 0 Å². The average Bonchev–Trinajstić information content (AvgIpc) is 2.54. The van der Waals surface area contributed by atoms with E-state index in [0.29, 0.717) is 6.42 Å². The van der Waals surface area contributed by atoms with E-state index >= 15 is 0 Å². The Kier molecular flexibility index (Phi) is 10.3. The van der Waals surface area contributed by atoms with Gasteiger partial charge in [0.2, 0.25) is 17.7 Å². The van der Waals surface area contributed by atoms with E-state index in [4.69, 9.17) is 22.3 Å². The number of aliphatic imine (C=N–C) groups is 1. The number of nitrogens with two attached hydrogens (primary N) is 3. The molecule has 10 N–H and O–H groups in total. The molecular weight excluding hydrogens is 334 g/mol. The molecule has 0 bridgehead atoms. The van der Waals surface area contributed by atoms with Crippen LogP contribution in [-0.2, 0) is 19.2 Å². The molecule has 142 valence electrons. The van der Waals surface area contributed by atoms with Crippen LogP contribution in [0.4, 0.5) is 0 Å². The third-order valence-electron chi connectivity index (χ3n) is 2.95. The van der Waals surface area contributed by atoms with Crippen molar-refractivity contribution >= 4 is 29.7 Å². The molecule has 0 aromatic heterocycles. The van der Waals surface area contributed by atoms with Crippen LogP contribution in [-0.4, -0.2) is 66.5 Å². The van der Waals surface area contributed by atoms with Crippen LogP contribution in [0.25, 0.3) is 0 Å². The van der Waals surface area contributed by atoms with Gasteiger partial charge in [-0.3, -0.25) is 24.2 Å². The van der Waals surface area contributed by atoms with Gasteiger partial charge in [0.25, 0.3) is 0 Å². The maximum absolute atomic E-state index is 12.1. The first kappa shape index (κ1) is 22.1. The van der Waals surface area contributed by atoms with E-state index in [1.165, 1.54) is 6.92 Å². The molecule has 0 fully saturated rings. The lowest BCUT2D eigenvalue weighted by atomic mass is 10.1. The highest BCUT2D eigenvalue weighted by Crippen LogP contribution is 2.00. The summed E-state index contributed by atoms with van der Waals surface area (Å²) in [4.78, 5) is 49.6. The van der Waals surface area contributed by atoms with Crippen LogP contribution in [0, 0.1) is 0 Å². The molecular formula is C13H25N7O5. The van der Waals surface area contributed by atoms with Crippen LogP contribution in [0.5, 0.6) is 0 Å². The molecule has 25 heavy (non-hydrogen) atoms. The van der Waals surface area contributed by atoms with Gasteiger partial charge < -0.3 is 38.3 Å². The first-order valence-electron chi connectivity index (χ1n) is 7.52. The largest absolute Gasteiger partial charge is 0.480 e. The molecule has 0 rings (SSSR count). The van der Waals surface area contributed by atoms with Gasteiger partial charge in [0.05, 0.1) is 6.54 Å². The molecule has 0 aliphatic heterocycles. The number of guanidine groups is 1. The van der Waals surface area contributed by atoms with Gasteiger partial charge in [-0.2, -0.15) is 0 Å². The molecule has 0 heterocycles. The standard InChI is InChI=1S/C13H25N7O5/c1-7(19-9(21)5-14)11(24)20-8(3-2-4-17-13(15)16)12(25)18-6-10(22)23/h7-8H,2-6,14H2,1H3,(H,18,25)(H,19,21)(H,20,24)(H,22,23)(H4,15,16,17). The summed E-state index contributed by atoms with van der Waals surface area (Å²) in [6.07, 6.45) is 0.540. The topological polar surface area (TPSA) is 215 Å². The summed E-state index contributed by atoms with van der Waals surface area (Å²) < 4.78 is 0. The number of carbonyl (C=O) groups excluding carboxylic acids is 3. The Morgan fingerprint density at radius 2 is 1.76 bits per heavy atom. The van der Waals surface area contributed by atoms with Crippen molar-refractivity contribution in [2.45, 2.75) is 31.8 Å². The second-order valence-electron chi connectivity index (χ2n) is 5.11. The fourth-order valence-corrected chi connectivity index (χ4v) is 1.72. The molecule has 0 spiro atoms. The number of amides is 3. The predicted molar refractivity (Wildman–Crippen MR) is 89.1 cm³/mol. The second kappa shape index (κ2) is 11.6. The van der Waals surface area contributed by atoms with Gasteiger partial charge in [0.1, 0.15) is 18.6 Å². The number of hydrogen-bond acceptors (Lipinski definition) is 6. The Morgan fingerprint density at radius 3 is 2.28 bits per heavy atom. The van der Waals surface area contributed by atoms with Crippen LogP contribution in [0.3, 0.4) is 0 Å². The van der Waals surface area contributed by atoms with E-state index in [1.54, 1.807) is 0 Å². The van der Waals surface area contributed by atoms with E-state index < -0.39 is 42.3 Å². The smallest absolute Gasteiger partial charge is 0.322 e. The highest BCUT2D eigenvalue weighted by atomic mass is 16.4. The molecule has 0 saturated heterocycles. The van der Waals surface area contributed by atoms with Crippen LogP contribution in [0.1, 0.15) is 19.8 Å². The van der Waals surface area contributed by atoms with Crippen LogP contribution < -0.4 is 33.2 Å². The summed E-state index contributed by atoms with van der Waals surface area (Å²) in [5.41, 5.74) is 15.5. The first-order valence-corrected chi connectivity index (χ1v) is 7.52. The lowest BCUT2D eigenvalue weighted by Gasteiger charge is -2.20. The number of rotatable bonds is 11. The Bertz CT molecular complexity index is 519. The minimum atomic E-state index is -1.22. The fourth-order valence-electron chi connectivity index (χ4n) is 1.72. The molecule has 2 unspecified atom stereocenters. The highest BCUT2D eigenvalue weighted by Gasteiger charge is 2.24. The molecule has 12 nitrogen and oxygen atoms in total.